The van der Waals surface area contributed by atoms with Gasteiger partial charge in [-0.2, -0.15) is 15.0 Å². The van der Waals surface area contributed by atoms with Gasteiger partial charge in [0, 0.05) is 39.5 Å². The third-order valence-corrected chi connectivity index (χ3v) is 11.6. The first-order chi connectivity index (χ1) is 28.3. The second kappa shape index (κ2) is 12.1. The molecule has 6 aromatic carbocycles. The molecule has 0 fully saturated rings. The highest BCUT2D eigenvalue weighted by Crippen LogP contribution is 2.56. The predicted molar refractivity (Wildman–Crippen MR) is 227 cm³/mol. The average molecular weight is 730 g/mol. The largest absolute Gasteiger partial charge is 0.278 e. The standard InChI is InChI=1S/C50H31N7/c1-3-15-33(16-4-1)50(34-17-5-2-6-18-34)41-24-10-7-19-35(41)40-31-32(27-28-42(40)50)45-53-48(56-43-25-11-8-20-36(43)37-21-9-12-26-44(37)56)55-49(54-45)57-46-38(22-13-29-51-46)39-23-14-30-52-47(39)57/h1-31H. The van der Waals surface area contributed by atoms with Crippen molar-refractivity contribution >= 4 is 43.9 Å². The minimum atomic E-state index is -0.508. The van der Waals surface area contributed by atoms with Crippen molar-refractivity contribution in [2.24, 2.45) is 0 Å². The van der Waals surface area contributed by atoms with Crippen molar-refractivity contribution in [3.05, 3.63) is 211 Å². The molecule has 12 rings (SSSR count). The van der Waals surface area contributed by atoms with Crippen LogP contribution in [0.15, 0.2) is 188 Å². The van der Waals surface area contributed by atoms with E-state index in [0.29, 0.717) is 17.7 Å². The van der Waals surface area contributed by atoms with Gasteiger partial charge in [-0.05, 0) is 75.8 Å². The third-order valence-electron chi connectivity index (χ3n) is 11.6. The molecule has 0 saturated heterocycles. The summed E-state index contributed by atoms with van der Waals surface area (Å²) >= 11 is 0. The highest BCUT2D eigenvalue weighted by molar-refractivity contribution is 6.09. The maximum atomic E-state index is 5.34. The number of rotatable bonds is 5. The number of fused-ring (bicyclic) bond motifs is 9. The Bertz CT molecular complexity index is 3090. The Morgan fingerprint density at radius 3 is 1.53 bits per heavy atom. The SMILES string of the molecule is c1ccc(C2(c3ccccc3)c3ccccc3-c3cc(-c4nc(-n5c6ccccc6c6ccccc65)nc(-n5c6ncccc6c6cccnc65)n4)ccc32)cc1. The topological polar surface area (TPSA) is 74.3 Å². The molecule has 266 valence electrons. The number of hydrogen-bond donors (Lipinski definition) is 0. The van der Waals surface area contributed by atoms with E-state index in [4.69, 9.17) is 24.9 Å². The van der Waals surface area contributed by atoms with Gasteiger partial charge >= 0.3 is 0 Å². The predicted octanol–water partition coefficient (Wildman–Crippen LogP) is 10.9. The molecule has 7 heteroatoms. The average Bonchev–Trinajstić information content (AvgIpc) is 3.91. The number of benzene rings is 6. The Labute approximate surface area is 327 Å². The first-order valence-corrected chi connectivity index (χ1v) is 19.1. The van der Waals surface area contributed by atoms with E-state index in [-0.39, 0.29) is 0 Å². The van der Waals surface area contributed by atoms with E-state index in [2.05, 4.69) is 168 Å². The summed E-state index contributed by atoms with van der Waals surface area (Å²) in [5, 5.41) is 4.22. The molecule has 57 heavy (non-hydrogen) atoms. The summed E-state index contributed by atoms with van der Waals surface area (Å²) in [7, 11) is 0. The molecule has 5 aromatic heterocycles. The van der Waals surface area contributed by atoms with Gasteiger partial charge in [-0.15, -0.1) is 0 Å². The lowest BCUT2D eigenvalue weighted by atomic mass is 9.67. The van der Waals surface area contributed by atoms with Crippen LogP contribution in [0.4, 0.5) is 0 Å². The van der Waals surface area contributed by atoms with Crippen LogP contribution in [-0.2, 0) is 5.41 Å². The molecule has 0 aliphatic heterocycles. The van der Waals surface area contributed by atoms with Gasteiger partial charge in [-0.3, -0.25) is 4.57 Å². The van der Waals surface area contributed by atoms with Gasteiger partial charge in [0.15, 0.2) is 5.82 Å². The van der Waals surface area contributed by atoms with E-state index in [1.807, 2.05) is 16.7 Å². The molecule has 0 spiro atoms. The summed E-state index contributed by atoms with van der Waals surface area (Å²) in [6, 6.07) is 62.1. The lowest BCUT2D eigenvalue weighted by molar-refractivity contribution is 0.768. The van der Waals surface area contributed by atoms with Gasteiger partial charge in [0.25, 0.3) is 0 Å². The molecule has 0 bridgehead atoms. The van der Waals surface area contributed by atoms with Crippen molar-refractivity contribution in [3.63, 3.8) is 0 Å². The quantitative estimate of drug-likeness (QED) is 0.176. The minimum Gasteiger partial charge on any atom is -0.278 e. The van der Waals surface area contributed by atoms with Crippen molar-refractivity contribution < 1.29 is 0 Å². The van der Waals surface area contributed by atoms with Crippen molar-refractivity contribution in [1.29, 1.82) is 0 Å². The molecule has 0 unspecified atom stereocenters. The van der Waals surface area contributed by atoms with Crippen LogP contribution in [0.2, 0.25) is 0 Å². The zero-order valence-corrected chi connectivity index (χ0v) is 30.5. The summed E-state index contributed by atoms with van der Waals surface area (Å²) in [6.45, 7) is 0. The number of hydrogen-bond acceptors (Lipinski definition) is 5. The molecule has 5 heterocycles. The van der Waals surface area contributed by atoms with E-state index in [1.54, 1.807) is 12.4 Å². The van der Waals surface area contributed by atoms with Crippen LogP contribution < -0.4 is 0 Å². The smallest absolute Gasteiger partial charge is 0.242 e. The molecule has 0 amide bonds. The van der Waals surface area contributed by atoms with Gasteiger partial charge in [0.05, 0.1) is 16.4 Å². The van der Waals surface area contributed by atoms with Crippen LogP contribution in [0, 0.1) is 0 Å². The molecule has 1 aliphatic carbocycles. The maximum Gasteiger partial charge on any atom is 0.242 e. The summed E-state index contributed by atoms with van der Waals surface area (Å²) in [5.74, 6) is 1.51. The molecule has 0 radical (unpaired) electrons. The Kier molecular flexibility index (Phi) is 6.71. The molecule has 0 saturated carbocycles. The fraction of sp³-hybridized carbons (Fsp3) is 0.0200. The van der Waals surface area contributed by atoms with E-state index >= 15 is 0 Å². The Hall–Kier alpha value is -7.77. The molecule has 1 aliphatic rings. The van der Waals surface area contributed by atoms with E-state index in [9.17, 15) is 0 Å². The normalized spacial score (nSPS) is 13.1. The number of para-hydroxylation sites is 2. The maximum absolute atomic E-state index is 5.34. The van der Waals surface area contributed by atoms with Crippen LogP contribution in [0.5, 0.6) is 0 Å². The van der Waals surface area contributed by atoms with Crippen LogP contribution in [0.3, 0.4) is 0 Å². The van der Waals surface area contributed by atoms with Crippen molar-refractivity contribution in [3.8, 4) is 34.4 Å². The first kappa shape index (κ1) is 31.6. The third kappa shape index (κ3) is 4.45. The lowest BCUT2D eigenvalue weighted by Crippen LogP contribution is -2.28. The fourth-order valence-electron chi connectivity index (χ4n) is 9.27. The Balaban J connectivity index is 1.16. The zero-order chi connectivity index (χ0) is 37.5. The second-order valence-corrected chi connectivity index (χ2v) is 14.5. The Morgan fingerprint density at radius 2 is 0.895 bits per heavy atom. The molecule has 11 aromatic rings. The summed E-state index contributed by atoms with van der Waals surface area (Å²) < 4.78 is 4.11. The fourth-order valence-corrected chi connectivity index (χ4v) is 9.27. The monoisotopic (exact) mass is 729 g/mol. The molecule has 0 atom stereocenters. The summed E-state index contributed by atoms with van der Waals surface area (Å²) in [6.07, 6.45) is 3.61. The summed E-state index contributed by atoms with van der Waals surface area (Å²) in [4.78, 5) is 25.6. The minimum absolute atomic E-state index is 0.443. The van der Waals surface area contributed by atoms with Gasteiger partial charge < -0.3 is 0 Å². The molecular weight excluding hydrogens is 699 g/mol. The van der Waals surface area contributed by atoms with Crippen molar-refractivity contribution in [2.45, 2.75) is 5.41 Å². The van der Waals surface area contributed by atoms with Crippen LogP contribution in [0.25, 0.3) is 78.3 Å². The highest BCUT2D eigenvalue weighted by Gasteiger charge is 2.46. The number of nitrogens with zero attached hydrogens (tertiary/aromatic N) is 7. The number of pyridine rings is 2. The lowest BCUT2D eigenvalue weighted by Gasteiger charge is -2.33. The Morgan fingerprint density at radius 1 is 0.386 bits per heavy atom. The summed E-state index contributed by atoms with van der Waals surface area (Å²) in [5.41, 5.74) is 11.1. The first-order valence-electron chi connectivity index (χ1n) is 19.1. The second-order valence-electron chi connectivity index (χ2n) is 14.5. The molecular formula is C50H31N7. The molecule has 0 N–H and O–H groups in total. The molecule has 7 nitrogen and oxygen atoms in total. The van der Waals surface area contributed by atoms with Gasteiger partial charge in [-0.1, -0.05) is 133 Å². The van der Waals surface area contributed by atoms with E-state index in [0.717, 1.165) is 55.0 Å². The van der Waals surface area contributed by atoms with Gasteiger partial charge in [0.2, 0.25) is 11.9 Å². The van der Waals surface area contributed by atoms with Gasteiger partial charge in [0.1, 0.15) is 11.3 Å². The zero-order valence-electron chi connectivity index (χ0n) is 30.5. The van der Waals surface area contributed by atoms with Gasteiger partial charge in [-0.25, -0.2) is 14.5 Å². The highest BCUT2D eigenvalue weighted by atomic mass is 15.3. The number of aromatic nitrogens is 7. The van der Waals surface area contributed by atoms with E-state index < -0.39 is 5.41 Å². The van der Waals surface area contributed by atoms with Crippen molar-refractivity contribution in [2.75, 3.05) is 0 Å². The van der Waals surface area contributed by atoms with Crippen LogP contribution >= 0.6 is 0 Å². The van der Waals surface area contributed by atoms with E-state index in [1.165, 1.54) is 27.8 Å². The van der Waals surface area contributed by atoms with Crippen molar-refractivity contribution in [1.82, 2.24) is 34.1 Å². The van der Waals surface area contributed by atoms with Crippen LogP contribution in [-0.4, -0.2) is 34.1 Å². The van der Waals surface area contributed by atoms with Crippen LogP contribution in [0.1, 0.15) is 22.3 Å².